The van der Waals surface area contributed by atoms with Crippen LogP contribution in [0.3, 0.4) is 0 Å². The number of methoxy groups -OCH3 is 3. The highest BCUT2D eigenvalue weighted by Crippen LogP contribution is 2.30. The maximum atomic E-state index is 12.7. The lowest BCUT2D eigenvalue weighted by Gasteiger charge is -2.23. The van der Waals surface area contributed by atoms with Crippen LogP contribution in [0, 0.1) is 0 Å². The molecule has 2 aromatic carbocycles. The van der Waals surface area contributed by atoms with Crippen LogP contribution in [0.5, 0.6) is 17.2 Å². The van der Waals surface area contributed by atoms with Gasteiger partial charge in [-0.05, 0) is 49.1 Å². The highest BCUT2D eigenvalue weighted by Gasteiger charge is 2.18. The number of carbonyl (C=O) groups excluding carboxylic acids is 1. The molecule has 0 radical (unpaired) electrons. The van der Waals surface area contributed by atoms with Crippen molar-refractivity contribution in [2.24, 2.45) is 0 Å². The Morgan fingerprint density at radius 2 is 1.79 bits per heavy atom. The van der Waals surface area contributed by atoms with E-state index in [2.05, 4.69) is 5.32 Å². The average Bonchev–Trinajstić information content (AvgIpc) is 2.72. The van der Waals surface area contributed by atoms with Crippen LogP contribution in [-0.2, 0) is 6.54 Å². The van der Waals surface area contributed by atoms with Gasteiger partial charge in [-0.3, -0.25) is 0 Å². The fraction of sp³-hybridized carbons (Fsp3) is 0.381. The van der Waals surface area contributed by atoms with Crippen molar-refractivity contribution in [3.8, 4) is 17.2 Å². The minimum atomic E-state index is -0.242. The molecule has 0 spiro atoms. The Morgan fingerprint density at radius 3 is 2.39 bits per heavy atom. The van der Waals surface area contributed by atoms with E-state index >= 15 is 0 Å². The van der Waals surface area contributed by atoms with Gasteiger partial charge in [-0.2, -0.15) is 0 Å². The lowest BCUT2D eigenvalue weighted by Crippen LogP contribution is -2.38. The van der Waals surface area contributed by atoms with E-state index in [0.717, 1.165) is 21.8 Å². The summed E-state index contributed by atoms with van der Waals surface area (Å²) in [5.41, 5.74) is 1.86. The fourth-order valence-electron chi connectivity index (χ4n) is 2.88. The SMILES string of the molecule is COc1ccc(OC)c(C(C)NC(=O)N(C)Cc2ccc(SC)c(OC)c2)c1. The molecule has 1 N–H and O–H groups in total. The van der Waals surface area contributed by atoms with Crippen molar-refractivity contribution in [2.45, 2.75) is 24.4 Å². The Kier molecular flexibility index (Phi) is 7.87. The summed E-state index contributed by atoms with van der Waals surface area (Å²) in [6, 6.07) is 11.1. The number of nitrogens with zero attached hydrogens (tertiary/aromatic N) is 1. The van der Waals surface area contributed by atoms with Crippen LogP contribution in [0.15, 0.2) is 41.3 Å². The van der Waals surface area contributed by atoms with Gasteiger partial charge in [-0.1, -0.05) is 6.07 Å². The molecule has 7 heteroatoms. The lowest BCUT2D eigenvalue weighted by molar-refractivity contribution is 0.203. The Balaban J connectivity index is 2.08. The van der Waals surface area contributed by atoms with E-state index < -0.39 is 0 Å². The van der Waals surface area contributed by atoms with Gasteiger partial charge in [0.05, 0.1) is 27.4 Å². The molecule has 0 aliphatic carbocycles. The van der Waals surface area contributed by atoms with Crippen molar-refractivity contribution in [1.82, 2.24) is 10.2 Å². The van der Waals surface area contributed by atoms with Gasteiger partial charge in [-0.25, -0.2) is 4.79 Å². The number of ether oxygens (including phenoxy) is 3. The van der Waals surface area contributed by atoms with E-state index in [0.29, 0.717) is 18.0 Å². The summed E-state index contributed by atoms with van der Waals surface area (Å²) in [5.74, 6) is 2.23. The number of thioether (sulfide) groups is 1. The first-order valence-corrected chi connectivity index (χ1v) is 10.1. The molecule has 1 unspecified atom stereocenters. The summed E-state index contributed by atoms with van der Waals surface area (Å²) in [5, 5.41) is 3.01. The number of amides is 2. The Hall–Kier alpha value is -2.54. The quantitative estimate of drug-likeness (QED) is 0.664. The highest BCUT2D eigenvalue weighted by atomic mass is 32.2. The summed E-state index contributed by atoms with van der Waals surface area (Å²) in [4.78, 5) is 15.4. The third-order valence-electron chi connectivity index (χ3n) is 4.46. The molecule has 0 aromatic heterocycles. The smallest absolute Gasteiger partial charge is 0.317 e. The molecule has 2 rings (SSSR count). The van der Waals surface area contributed by atoms with Crippen LogP contribution < -0.4 is 19.5 Å². The molecule has 6 nitrogen and oxygen atoms in total. The van der Waals surface area contributed by atoms with Crippen LogP contribution in [0.25, 0.3) is 0 Å². The third kappa shape index (κ3) is 5.25. The molecule has 0 saturated carbocycles. The fourth-order valence-corrected chi connectivity index (χ4v) is 3.42. The van der Waals surface area contributed by atoms with Crippen molar-refractivity contribution >= 4 is 17.8 Å². The molecular formula is C21H28N2O4S. The number of benzene rings is 2. The molecule has 0 saturated heterocycles. The van der Waals surface area contributed by atoms with Crippen LogP contribution in [0.2, 0.25) is 0 Å². The first kappa shape index (κ1) is 21.8. The first-order chi connectivity index (χ1) is 13.4. The Labute approximate surface area is 171 Å². The van der Waals surface area contributed by atoms with Gasteiger partial charge in [0.1, 0.15) is 17.2 Å². The third-order valence-corrected chi connectivity index (χ3v) is 5.23. The number of nitrogens with one attached hydrogen (secondary N) is 1. The summed E-state index contributed by atoms with van der Waals surface area (Å²) >= 11 is 1.63. The maximum absolute atomic E-state index is 12.7. The topological polar surface area (TPSA) is 60.0 Å². The summed E-state index contributed by atoms with van der Waals surface area (Å²) in [6.07, 6.45) is 2.01. The Morgan fingerprint density at radius 1 is 1.07 bits per heavy atom. The van der Waals surface area contributed by atoms with E-state index in [1.54, 1.807) is 45.0 Å². The molecule has 0 bridgehead atoms. The molecule has 1 atom stereocenters. The van der Waals surface area contributed by atoms with Crippen LogP contribution in [0.1, 0.15) is 24.1 Å². The summed E-state index contributed by atoms with van der Waals surface area (Å²) in [7, 11) is 6.63. The molecule has 2 aromatic rings. The number of urea groups is 1. The largest absolute Gasteiger partial charge is 0.497 e. The van der Waals surface area contributed by atoms with E-state index in [-0.39, 0.29) is 12.1 Å². The van der Waals surface area contributed by atoms with E-state index in [1.165, 1.54) is 0 Å². The predicted octanol–water partition coefficient (Wildman–Crippen LogP) is 4.34. The molecule has 0 aliphatic heterocycles. The van der Waals surface area contributed by atoms with E-state index in [9.17, 15) is 4.79 Å². The zero-order valence-electron chi connectivity index (χ0n) is 17.2. The van der Waals surface area contributed by atoms with Crippen molar-refractivity contribution in [1.29, 1.82) is 0 Å². The van der Waals surface area contributed by atoms with Gasteiger partial charge >= 0.3 is 6.03 Å². The standard InChI is InChI=1S/C21H28N2O4S/c1-14(17-12-16(25-3)8-9-18(17)26-4)22-21(24)23(2)13-15-7-10-20(28-6)19(11-15)27-5/h7-12,14H,13H2,1-6H3,(H,22,24). The molecule has 0 fully saturated rings. The van der Waals surface area contributed by atoms with Gasteiger partial charge in [0.2, 0.25) is 0 Å². The minimum absolute atomic E-state index is 0.176. The van der Waals surface area contributed by atoms with Gasteiger partial charge in [-0.15, -0.1) is 11.8 Å². The number of carbonyl (C=O) groups is 1. The number of hydrogen-bond donors (Lipinski definition) is 1. The average molecular weight is 405 g/mol. The minimum Gasteiger partial charge on any atom is -0.497 e. The highest BCUT2D eigenvalue weighted by molar-refractivity contribution is 7.98. The monoisotopic (exact) mass is 404 g/mol. The number of hydrogen-bond acceptors (Lipinski definition) is 5. The maximum Gasteiger partial charge on any atom is 0.317 e. The Bertz CT molecular complexity index is 813. The first-order valence-electron chi connectivity index (χ1n) is 8.87. The van der Waals surface area contributed by atoms with Crippen molar-refractivity contribution in [2.75, 3.05) is 34.6 Å². The van der Waals surface area contributed by atoms with Crippen LogP contribution in [-0.4, -0.2) is 45.6 Å². The number of rotatable bonds is 8. The zero-order valence-corrected chi connectivity index (χ0v) is 18.1. The van der Waals surface area contributed by atoms with Gasteiger partial charge in [0.25, 0.3) is 0 Å². The molecule has 152 valence electrons. The van der Waals surface area contributed by atoms with E-state index in [1.807, 2.05) is 49.6 Å². The predicted molar refractivity (Wildman–Crippen MR) is 113 cm³/mol. The summed E-state index contributed by atoms with van der Waals surface area (Å²) < 4.78 is 16.1. The molecular weight excluding hydrogens is 376 g/mol. The van der Waals surface area contributed by atoms with Gasteiger partial charge in [0.15, 0.2) is 0 Å². The summed E-state index contributed by atoms with van der Waals surface area (Å²) in [6.45, 7) is 2.39. The molecule has 2 amide bonds. The van der Waals surface area contributed by atoms with Gasteiger partial charge < -0.3 is 24.4 Å². The van der Waals surface area contributed by atoms with Gasteiger partial charge in [0, 0.05) is 24.1 Å². The zero-order chi connectivity index (χ0) is 20.7. The van der Waals surface area contributed by atoms with Crippen LogP contribution >= 0.6 is 11.8 Å². The molecule has 0 aliphatic rings. The van der Waals surface area contributed by atoms with Crippen molar-refractivity contribution in [3.63, 3.8) is 0 Å². The molecule has 0 heterocycles. The normalized spacial score (nSPS) is 11.5. The van der Waals surface area contributed by atoms with E-state index in [4.69, 9.17) is 14.2 Å². The lowest BCUT2D eigenvalue weighted by atomic mass is 10.1. The second kappa shape index (κ2) is 10.1. The van der Waals surface area contributed by atoms with Crippen molar-refractivity contribution < 1.29 is 19.0 Å². The molecule has 28 heavy (non-hydrogen) atoms. The van der Waals surface area contributed by atoms with Crippen molar-refractivity contribution in [3.05, 3.63) is 47.5 Å². The second-order valence-electron chi connectivity index (χ2n) is 6.32. The van der Waals surface area contributed by atoms with Crippen LogP contribution in [0.4, 0.5) is 4.79 Å². The second-order valence-corrected chi connectivity index (χ2v) is 7.17.